The summed E-state index contributed by atoms with van der Waals surface area (Å²) in [4.78, 5) is 0. The van der Waals surface area contributed by atoms with E-state index in [4.69, 9.17) is 0 Å². The third-order valence-electron chi connectivity index (χ3n) is 4.52. The SMILES string of the molecule is CC(C)c1cccc(-c2c(O)cc(C(C)C)c3ccccc23)c1.[CH3-].[CH3-].[CH3-].[Ti+3]. The molecule has 1 nitrogen and oxygen atoms in total. The molecule has 0 spiro atoms. The first-order valence-electron chi connectivity index (χ1n) is 8.34. The summed E-state index contributed by atoms with van der Waals surface area (Å²) in [5, 5.41) is 13.1. The van der Waals surface area contributed by atoms with Crippen LogP contribution >= 0.6 is 0 Å². The van der Waals surface area contributed by atoms with Crippen LogP contribution in [0.3, 0.4) is 0 Å². The first-order valence-corrected chi connectivity index (χ1v) is 8.34. The number of fused-ring (bicyclic) bond motifs is 1. The third-order valence-corrected chi connectivity index (χ3v) is 4.52. The van der Waals surface area contributed by atoms with Crippen molar-refractivity contribution in [1.82, 2.24) is 0 Å². The minimum Gasteiger partial charge on any atom is -0.507 e. The number of hydrogen-bond donors (Lipinski definition) is 1. The average molecular weight is 397 g/mol. The monoisotopic (exact) mass is 397 g/mol. The van der Waals surface area contributed by atoms with Gasteiger partial charge in [-0.05, 0) is 45.4 Å². The number of phenolic OH excluding ortho intramolecular Hbond substituents is 1. The summed E-state index contributed by atoms with van der Waals surface area (Å²) in [6.07, 6.45) is 0. The Kier molecular flexibility index (Phi) is 11.6. The minimum atomic E-state index is 0. The first kappa shape index (κ1) is 27.7. The van der Waals surface area contributed by atoms with E-state index in [1.165, 1.54) is 16.5 Å². The first-order chi connectivity index (χ1) is 11.0. The summed E-state index contributed by atoms with van der Waals surface area (Å²) < 4.78 is 0. The van der Waals surface area contributed by atoms with Crippen LogP contribution in [-0.4, -0.2) is 5.11 Å². The molecular formula is C25H33OTi. The van der Waals surface area contributed by atoms with Gasteiger partial charge < -0.3 is 27.4 Å². The van der Waals surface area contributed by atoms with E-state index >= 15 is 0 Å². The summed E-state index contributed by atoms with van der Waals surface area (Å²) in [5.41, 5.74) is 4.51. The van der Waals surface area contributed by atoms with Gasteiger partial charge in [0.25, 0.3) is 0 Å². The zero-order valence-electron chi connectivity index (χ0n) is 17.8. The summed E-state index contributed by atoms with van der Waals surface area (Å²) >= 11 is 0. The standard InChI is InChI=1S/C22H24O.3CH3.Ti/c1-14(2)16-8-7-9-17(12-16)22-19-11-6-5-10-18(19)20(15(3)4)13-21(22)23;;;;/h5-15,23H,1-4H3;3*1H3;/q;3*-1;+3. The van der Waals surface area contributed by atoms with Crippen molar-refractivity contribution in [1.29, 1.82) is 0 Å². The van der Waals surface area contributed by atoms with E-state index in [-0.39, 0.29) is 44.0 Å². The van der Waals surface area contributed by atoms with Crippen LogP contribution in [0.2, 0.25) is 0 Å². The molecule has 3 aromatic rings. The normalized spacial score (nSPS) is 9.85. The number of aromatic hydroxyl groups is 1. The van der Waals surface area contributed by atoms with Crippen molar-refractivity contribution in [2.75, 3.05) is 0 Å². The molecule has 0 heterocycles. The Morgan fingerprint density at radius 3 is 1.85 bits per heavy atom. The molecule has 27 heavy (non-hydrogen) atoms. The summed E-state index contributed by atoms with van der Waals surface area (Å²) in [7, 11) is 0. The van der Waals surface area contributed by atoms with E-state index in [9.17, 15) is 5.11 Å². The second-order valence-corrected chi connectivity index (χ2v) is 6.84. The zero-order valence-corrected chi connectivity index (χ0v) is 19.4. The van der Waals surface area contributed by atoms with Gasteiger partial charge in [0.05, 0.1) is 0 Å². The Labute approximate surface area is 181 Å². The molecule has 0 saturated carbocycles. The molecule has 0 saturated heterocycles. The van der Waals surface area contributed by atoms with Gasteiger partial charge in [-0.2, -0.15) is 0 Å². The maximum atomic E-state index is 10.7. The van der Waals surface area contributed by atoms with Crippen LogP contribution in [0.15, 0.2) is 54.6 Å². The third kappa shape index (κ3) is 5.47. The van der Waals surface area contributed by atoms with Gasteiger partial charge in [-0.3, -0.25) is 0 Å². The molecule has 0 unspecified atom stereocenters. The molecule has 3 rings (SSSR count). The summed E-state index contributed by atoms with van der Waals surface area (Å²) in [5.74, 6) is 1.22. The van der Waals surface area contributed by atoms with Crippen LogP contribution in [0, 0.1) is 22.3 Å². The second-order valence-electron chi connectivity index (χ2n) is 6.84. The van der Waals surface area contributed by atoms with E-state index in [0.29, 0.717) is 17.6 Å². The smallest absolute Gasteiger partial charge is 0.507 e. The predicted molar refractivity (Wildman–Crippen MR) is 118 cm³/mol. The summed E-state index contributed by atoms with van der Waals surface area (Å²) in [6, 6.07) is 18.8. The maximum absolute atomic E-state index is 10.7. The molecular weight excluding hydrogens is 364 g/mol. The van der Waals surface area contributed by atoms with Crippen LogP contribution in [0.25, 0.3) is 21.9 Å². The zero-order chi connectivity index (χ0) is 16.6. The van der Waals surface area contributed by atoms with Crippen molar-refractivity contribution < 1.29 is 26.8 Å². The molecule has 0 aromatic heterocycles. The molecule has 0 aliphatic heterocycles. The number of rotatable bonds is 3. The Bertz CT molecular complexity index is 850. The molecule has 1 radical (unpaired) electrons. The van der Waals surface area contributed by atoms with Gasteiger partial charge in [0.2, 0.25) is 0 Å². The van der Waals surface area contributed by atoms with Gasteiger partial charge in [-0.15, -0.1) is 0 Å². The number of benzene rings is 3. The van der Waals surface area contributed by atoms with Crippen molar-refractivity contribution in [3.8, 4) is 16.9 Å². The van der Waals surface area contributed by atoms with E-state index < -0.39 is 0 Å². The van der Waals surface area contributed by atoms with Crippen molar-refractivity contribution in [2.45, 2.75) is 39.5 Å². The Morgan fingerprint density at radius 1 is 0.704 bits per heavy atom. The minimum absolute atomic E-state index is 0. The number of phenols is 1. The van der Waals surface area contributed by atoms with Gasteiger partial charge in [0.1, 0.15) is 5.75 Å². The Hall–Kier alpha value is -1.57. The van der Waals surface area contributed by atoms with Gasteiger partial charge in [-0.1, -0.05) is 76.2 Å². The van der Waals surface area contributed by atoms with E-state index in [0.717, 1.165) is 16.5 Å². The molecule has 0 amide bonds. The van der Waals surface area contributed by atoms with Crippen LogP contribution < -0.4 is 0 Å². The molecule has 3 aromatic carbocycles. The van der Waals surface area contributed by atoms with Crippen LogP contribution in [0.4, 0.5) is 0 Å². The van der Waals surface area contributed by atoms with Crippen molar-refractivity contribution in [3.63, 3.8) is 0 Å². The van der Waals surface area contributed by atoms with Crippen LogP contribution in [0.1, 0.15) is 50.7 Å². The van der Waals surface area contributed by atoms with E-state index in [2.05, 4.69) is 70.2 Å². The molecule has 1 N–H and O–H groups in total. The molecule has 0 aliphatic rings. The largest absolute Gasteiger partial charge is 3.00 e. The fourth-order valence-electron chi connectivity index (χ4n) is 3.22. The fraction of sp³-hybridized carbons (Fsp3) is 0.240. The Balaban J connectivity index is 0. The molecule has 143 valence electrons. The van der Waals surface area contributed by atoms with E-state index in [1.54, 1.807) is 0 Å². The van der Waals surface area contributed by atoms with Crippen molar-refractivity contribution in [2.24, 2.45) is 0 Å². The van der Waals surface area contributed by atoms with Gasteiger partial charge >= 0.3 is 21.7 Å². The fourth-order valence-corrected chi connectivity index (χ4v) is 3.22. The summed E-state index contributed by atoms with van der Waals surface area (Å²) in [6.45, 7) is 8.72. The van der Waals surface area contributed by atoms with Gasteiger partial charge in [0, 0.05) is 5.56 Å². The maximum Gasteiger partial charge on any atom is 3.00 e. The van der Waals surface area contributed by atoms with E-state index in [1.807, 2.05) is 12.1 Å². The topological polar surface area (TPSA) is 20.2 Å². The molecule has 0 atom stereocenters. The molecule has 0 aliphatic carbocycles. The van der Waals surface area contributed by atoms with Crippen LogP contribution in [-0.2, 0) is 21.7 Å². The molecule has 2 heteroatoms. The van der Waals surface area contributed by atoms with Crippen molar-refractivity contribution in [3.05, 3.63) is 88.0 Å². The van der Waals surface area contributed by atoms with Crippen LogP contribution in [0.5, 0.6) is 5.75 Å². The van der Waals surface area contributed by atoms with Crippen molar-refractivity contribution >= 4 is 10.8 Å². The average Bonchev–Trinajstić information content (AvgIpc) is 2.54. The quantitative estimate of drug-likeness (QED) is 0.353. The molecule has 0 bridgehead atoms. The Morgan fingerprint density at radius 2 is 1.30 bits per heavy atom. The van der Waals surface area contributed by atoms with Gasteiger partial charge in [0.15, 0.2) is 0 Å². The second kappa shape index (κ2) is 11.3. The molecule has 0 fully saturated rings. The van der Waals surface area contributed by atoms with Gasteiger partial charge in [-0.25, -0.2) is 0 Å². The predicted octanol–water partition coefficient (Wildman–Crippen LogP) is 7.81. The number of hydrogen-bond acceptors (Lipinski definition) is 1.